The normalized spacial score (nSPS) is 42.0. The van der Waals surface area contributed by atoms with Gasteiger partial charge in [0.15, 0.2) is 0 Å². The van der Waals surface area contributed by atoms with Gasteiger partial charge in [0.25, 0.3) is 0 Å². The average Bonchev–Trinajstić information content (AvgIpc) is 1.91. The molecule has 1 aliphatic heterocycles. The first kappa shape index (κ1) is 5.03. The van der Waals surface area contributed by atoms with E-state index in [9.17, 15) is 0 Å². The van der Waals surface area contributed by atoms with Crippen LogP contribution in [0.3, 0.4) is 0 Å². The largest absolute Gasteiger partial charge is 0.378 e. The van der Waals surface area contributed by atoms with Crippen LogP contribution in [0.4, 0.5) is 0 Å². The molecule has 1 fully saturated rings. The number of hydrogen-bond acceptors (Lipinski definition) is 3. The van der Waals surface area contributed by atoms with Crippen LogP contribution in [0.5, 0.6) is 0 Å². The molecule has 1 rings (SSSR count). The Morgan fingerprint density at radius 3 is 1.71 bits per heavy atom. The van der Waals surface area contributed by atoms with Crippen molar-refractivity contribution in [1.29, 1.82) is 0 Å². The monoisotopic (exact) mass is 102 g/mol. The van der Waals surface area contributed by atoms with Crippen LogP contribution >= 0.6 is 0 Å². The summed E-state index contributed by atoms with van der Waals surface area (Å²) in [5.74, 6) is 0. The predicted octanol–water partition coefficient (Wildman–Crippen LogP) is -1.33. The van der Waals surface area contributed by atoms with Gasteiger partial charge in [0.05, 0.1) is 13.2 Å². The Morgan fingerprint density at radius 2 is 1.57 bits per heavy atom. The van der Waals surface area contributed by atoms with Crippen molar-refractivity contribution in [2.75, 3.05) is 13.2 Å². The van der Waals surface area contributed by atoms with E-state index in [1.807, 2.05) is 0 Å². The second-order valence-corrected chi connectivity index (χ2v) is 1.87. The van der Waals surface area contributed by atoms with Gasteiger partial charge >= 0.3 is 0 Å². The molecule has 0 bridgehead atoms. The fourth-order valence-electron chi connectivity index (χ4n) is 0.587. The summed E-state index contributed by atoms with van der Waals surface area (Å²) in [6.45, 7) is 1.25. The second kappa shape index (κ2) is 1.78. The van der Waals surface area contributed by atoms with Gasteiger partial charge in [-0.1, -0.05) is 0 Å². The van der Waals surface area contributed by atoms with Gasteiger partial charge in [-0.2, -0.15) is 0 Å². The number of ether oxygens (including phenoxy) is 1. The van der Waals surface area contributed by atoms with Crippen molar-refractivity contribution in [3.05, 3.63) is 0 Å². The maximum atomic E-state index is 5.43. The summed E-state index contributed by atoms with van der Waals surface area (Å²) in [4.78, 5) is 0. The lowest BCUT2D eigenvalue weighted by Gasteiger charge is -2.02. The van der Waals surface area contributed by atoms with Crippen LogP contribution in [-0.4, -0.2) is 25.3 Å². The molecule has 0 aromatic rings. The highest BCUT2D eigenvalue weighted by atomic mass is 16.5. The lowest BCUT2D eigenvalue weighted by molar-refractivity contribution is 0.191. The number of nitrogens with two attached hydrogens (primary N) is 2. The molecule has 0 spiro atoms. The Labute approximate surface area is 42.6 Å². The summed E-state index contributed by atoms with van der Waals surface area (Å²) < 4.78 is 4.92. The minimum atomic E-state index is 0.0694. The Balaban J connectivity index is 2.33. The van der Waals surface area contributed by atoms with Crippen LogP contribution in [0, 0.1) is 0 Å². The zero-order valence-corrected chi connectivity index (χ0v) is 4.13. The summed E-state index contributed by atoms with van der Waals surface area (Å²) in [7, 11) is 0. The first-order chi connectivity index (χ1) is 3.30. The van der Waals surface area contributed by atoms with E-state index in [2.05, 4.69) is 0 Å². The Kier molecular flexibility index (Phi) is 1.27. The second-order valence-electron chi connectivity index (χ2n) is 1.87. The number of hydrogen-bond donors (Lipinski definition) is 2. The summed E-state index contributed by atoms with van der Waals surface area (Å²) in [5, 5.41) is 0. The van der Waals surface area contributed by atoms with E-state index >= 15 is 0 Å². The quantitative estimate of drug-likeness (QED) is 0.398. The highest BCUT2D eigenvalue weighted by Crippen LogP contribution is 1.97. The molecule has 1 aliphatic rings. The minimum Gasteiger partial charge on any atom is -0.378 e. The van der Waals surface area contributed by atoms with Crippen LogP contribution < -0.4 is 11.5 Å². The van der Waals surface area contributed by atoms with Crippen LogP contribution in [0.25, 0.3) is 0 Å². The van der Waals surface area contributed by atoms with E-state index in [4.69, 9.17) is 16.2 Å². The summed E-state index contributed by atoms with van der Waals surface area (Å²) in [6, 6.07) is 0.139. The zero-order valence-electron chi connectivity index (χ0n) is 4.13. The van der Waals surface area contributed by atoms with Crippen molar-refractivity contribution >= 4 is 0 Å². The van der Waals surface area contributed by atoms with Crippen LogP contribution in [0.2, 0.25) is 0 Å². The summed E-state index contributed by atoms with van der Waals surface area (Å²) in [6.07, 6.45) is 0. The molecule has 1 heterocycles. The van der Waals surface area contributed by atoms with E-state index in [1.54, 1.807) is 0 Å². The summed E-state index contributed by atoms with van der Waals surface area (Å²) >= 11 is 0. The molecule has 0 saturated carbocycles. The van der Waals surface area contributed by atoms with E-state index in [0.717, 1.165) is 0 Å². The molecule has 2 atom stereocenters. The Hall–Kier alpha value is -0.120. The van der Waals surface area contributed by atoms with Gasteiger partial charge in [0.2, 0.25) is 0 Å². The van der Waals surface area contributed by atoms with E-state index in [1.165, 1.54) is 0 Å². The molecule has 3 nitrogen and oxygen atoms in total. The molecule has 3 heteroatoms. The molecule has 0 aromatic heterocycles. The van der Waals surface area contributed by atoms with Gasteiger partial charge in [-0.15, -0.1) is 0 Å². The van der Waals surface area contributed by atoms with Gasteiger partial charge in [-0.25, -0.2) is 0 Å². The molecule has 1 saturated heterocycles. The SMILES string of the molecule is NC1COC[C@H]1N. The van der Waals surface area contributed by atoms with Crippen molar-refractivity contribution in [3.63, 3.8) is 0 Å². The average molecular weight is 102 g/mol. The minimum absolute atomic E-state index is 0.0694. The standard InChI is InChI=1S/C4H10N2O/c5-3-1-7-2-4(3)6/h3-4H,1-2,5-6H2/t3-,4?/m1/s1. The van der Waals surface area contributed by atoms with E-state index in [0.29, 0.717) is 13.2 Å². The molecule has 42 valence electrons. The van der Waals surface area contributed by atoms with Gasteiger partial charge in [-0.05, 0) is 0 Å². The van der Waals surface area contributed by atoms with Crippen LogP contribution in [-0.2, 0) is 4.74 Å². The number of rotatable bonds is 0. The molecule has 7 heavy (non-hydrogen) atoms. The van der Waals surface area contributed by atoms with E-state index in [-0.39, 0.29) is 12.1 Å². The Morgan fingerprint density at radius 1 is 1.14 bits per heavy atom. The summed E-state index contributed by atoms with van der Waals surface area (Å²) in [5.41, 5.74) is 10.9. The maximum absolute atomic E-state index is 5.43. The fourth-order valence-corrected chi connectivity index (χ4v) is 0.587. The van der Waals surface area contributed by atoms with Crippen LogP contribution in [0.15, 0.2) is 0 Å². The molecule has 0 aliphatic carbocycles. The highest BCUT2D eigenvalue weighted by molar-refractivity contribution is 4.80. The van der Waals surface area contributed by atoms with E-state index < -0.39 is 0 Å². The highest BCUT2D eigenvalue weighted by Gasteiger charge is 2.19. The maximum Gasteiger partial charge on any atom is 0.0634 e. The molecular formula is C4H10N2O. The van der Waals surface area contributed by atoms with Crippen molar-refractivity contribution < 1.29 is 4.74 Å². The van der Waals surface area contributed by atoms with Crippen LogP contribution in [0.1, 0.15) is 0 Å². The Bertz CT molecular complexity index is 58.7. The first-order valence-corrected chi connectivity index (χ1v) is 2.39. The third-order valence-corrected chi connectivity index (χ3v) is 1.17. The molecule has 0 radical (unpaired) electrons. The first-order valence-electron chi connectivity index (χ1n) is 2.39. The van der Waals surface area contributed by atoms with Gasteiger partial charge in [0, 0.05) is 12.1 Å². The topological polar surface area (TPSA) is 61.3 Å². The van der Waals surface area contributed by atoms with Crippen molar-refractivity contribution in [3.8, 4) is 0 Å². The van der Waals surface area contributed by atoms with Gasteiger partial charge in [0.1, 0.15) is 0 Å². The fraction of sp³-hybridized carbons (Fsp3) is 1.00. The smallest absolute Gasteiger partial charge is 0.0634 e. The molecular weight excluding hydrogens is 92.1 g/mol. The lowest BCUT2D eigenvalue weighted by Crippen LogP contribution is -2.39. The molecule has 1 unspecified atom stereocenters. The predicted molar refractivity (Wildman–Crippen MR) is 26.8 cm³/mol. The molecule has 0 aromatic carbocycles. The van der Waals surface area contributed by atoms with Gasteiger partial charge in [-0.3, -0.25) is 0 Å². The molecule has 0 amide bonds. The zero-order chi connectivity index (χ0) is 5.28. The lowest BCUT2D eigenvalue weighted by atomic mass is 10.2. The van der Waals surface area contributed by atoms with Crippen molar-refractivity contribution in [1.82, 2.24) is 0 Å². The van der Waals surface area contributed by atoms with Crippen molar-refractivity contribution in [2.45, 2.75) is 12.1 Å². The molecule has 4 N–H and O–H groups in total. The third-order valence-electron chi connectivity index (χ3n) is 1.17. The third kappa shape index (κ3) is 0.907. The van der Waals surface area contributed by atoms with Gasteiger partial charge < -0.3 is 16.2 Å². The van der Waals surface area contributed by atoms with Crippen molar-refractivity contribution in [2.24, 2.45) is 11.5 Å².